The summed E-state index contributed by atoms with van der Waals surface area (Å²) in [4.78, 5) is 37.2. The highest BCUT2D eigenvalue weighted by Gasteiger charge is 2.62. The van der Waals surface area contributed by atoms with Crippen molar-refractivity contribution in [2.24, 2.45) is 5.84 Å². The Morgan fingerprint density at radius 1 is 0.577 bits per heavy atom. The fraction of sp³-hybridized carbons (Fsp3) is 0.700. The van der Waals surface area contributed by atoms with Crippen LogP contribution in [0.4, 0.5) is 26.3 Å². The highest BCUT2D eigenvalue weighted by atomic mass is 28.4. The van der Waals surface area contributed by atoms with Crippen LogP contribution in [0, 0.1) is 0 Å². The van der Waals surface area contributed by atoms with Crippen LogP contribution in [-0.2, 0) is 60.1 Å². The number of carbonyl (C=O) groups is 3. The maximum atomic E-state index is 14.5. The number of rotatable bonds is 26. The first-order chi connectivity index (χ1) is 32.4. The Morgan fingerprint density at radius 3 is 1.24 bits per heavy atom. The molecule has 0 aliphatic rings. The van der Waals surface area contributed by atoms with Gasteiger partial charge in [-0.2, -0.15) is 26.3 Å². The van der Waals surface area contributed by atoms with Crippen LogP contribution in [0.3, 0.4) is 0 Å². The quantitative estimate of drug-likeness (QED) is 0.0156. The van der Waals surface area contributed by atoms with Crippen molar-refractivity contribution in [3.05, 3.63) is 71.8 Å². The Hall–Kier alpha value is -3.42. The molecule has 2 rings (SSSR count). The standard InChI is InChI=1S/C28H46F3NO6Si.C22H37F3N2O4Si/c1-21(38-39(8,9)26(5,6)7)15-17-35-18-16-27(28(29,30)31,36-20-22-13-11-10-12-14-22)24(34)32-19-23(33)37-25(2,3)4;1-17(31-32(5,6)20(2,3)4)12-14-29-15-13-21(19(28)27-26,22(23,24)25)30-16-18-10-8-7-9-11-18/h10-14,21H,15-20H2,1-9H3,(H,32,34);7-11,17H,12-16,26H2,1-6H3,(H,27,28)/t21-,27?;17-,21?/m00/s1. The Labute approximate surface area is 420 Å². The van der Waals surface area contributed by atoms with Gasteiger partial charge in [-0.15, -0.1) is 0 Å². The van der Waals surface area contributed by atoms with E-state index in [0.717, 1.165) is 0 Å². The number of halogens is 6. The van der Waals surface area contributed by atoms with Crippen molar-refractivity contribution in [2.75, 3.05) is 33.0 Å². The zero-order valence-corrected chi connectivity index (χ0v) is 46.6. The molecule has 13 nitrogen and oxygen atoms in total. The molecule has 2 aromatic rings. The lowest BCUT2D eigenvalue weighted by atomic mass is 9.97. The number of hydrogen-bond donors (Lipinski definition) is 3. The summed E-state index contributed by atoms with van der Waals surface area (Å²) >= 11 is 0. The molecule has 0 saturated heterocycles. The molecule has 0 spiro atoms. The van der Waals surface area contributed by atoms with Crippen LogP contribution >= 0.6 is 0 Å². The number of benzene rings is 2. The van der Waals surface area contributed by atoms with Crippen molar-refractivity contribution in [3.63, 3.8) is 0 Å². The number of hydrogen-bond acceptors (Lipinski definition) is 11. The number of carbonyl (C=O) groups excluding carboxylic acids is 3. The third-order valence-corrected chi connectivity index (χ3v) is 21.6. The minimum atomic E-state index is -5.08. The molecule has 0 saturated carbocycles. The van der Waals surface area contributed by atoms with Gasteiger partial charge < -0.3 is 37.9 Å². The first-order valence-electron chi connectivity index (χ1n) is 23.9. The van der Waals surface area contributed by atoms with Crippen LogP contribution in [-0.4, -0.2) is 109 Å². The van der Waals surface area contributed by atoms with Crippen LogP contribution in [0.1, 0.15) is 113 Å². The molecular formula is C50H83F6N3O10Si2. The lowest BCUT2D eigenvalue weighted by Crippen LogP contribution is -2.60. The molecule has 0 radical (unpaired) electrons. The fourth-order valence-corrected chi connectivity index (χ4v) is 9.12. The molecule has 2 aromatic carbocycles. The number of nitrogens with two attached hydrogens (primary N) is 1. The third-order valence-electron chi connectivity index (χ3n) is 12.4. The van der Waals surface area contributed by atoms with Gasteiger partial charge in [0, 0.05) is 38.3 Å². The summed E-state index contributed by atoms with van der Waals surface area (Å²) in [7, 11) is -3.94. The molecule has 4 N–H and O–H groups in total. The SMILES string of the molecule is C[C@@H](CCOCCC(OCc1ccccc1)(C(=O)NCC(=O)OC(C)(C)C)C(F)(F)F)O[Si](C)(C)C(C)(C)C.C[C@@H](CCOCCC(OCc1ccccc1)(C(=O)NN)C(F)(F)F)O[Si](C)(C)C(C)(C)C. The Bertz CT molecular complexity index is 1890. The molecule has 0 aliphatic carbocycles. The van der Waals surface area contributed by atoms with Crippen molar-refractivity contribution in [1.82, 2.24) is 10.7 Å². The molecule has 0 aliphatic heterocycles. The second kappa shape index (κ2) is 27.8. The normalized spacial score (nSPS) is 15.6. The zero-order chi connectivity index (χ0) is 54.8. The van der Waals surface area contributed by atoms with Crippen molar-refractivity contribution < 1.29 is 73.3 Å². The Morgan fingerprint density at radius 2 is 0.930 bits per heavy atom. The maximum Gasteiger partial charge on any atom is 0.426 e. The number of ether oxygens (including phenoxy) is 5. The average molecular weight is 1060 g/mol. The van der Waals surface area contributed by atoms with Gasteiger partial charge in [0.25, 0.3) is 11.8 Å². The molecule has 0 aromatic heterocycles. The molecule has 71 heavy (non-hydrogen) atoms. The number of esters is 1. The van der Waals surface area contributed by atoms with Gasteiger partial charge in [0.15, 0.2) is 16.6 Å². The maximum absolute atomic E-state index is 14.5. The van der Waals surface area contributed by atoms with E-state index in [0.29, 0.717) is 24.0 Å². The van der Waals surface area contributed by atoms with Gasteiger partial charge >= 0.3 is 18.3 Å². The lowest BCUT2D eigenvalue weighted by molar-refractivity contribution is -0.276. The Balaban J connectivity index is 0.000000724. The summed E-state index contributed by atoms with van der Waals surface area (Å²) in [6.07, 6.45) is -10.8. The molecular weight excluding hydrogens is 973 g/mol. The van der Waals surface area contributed by atoms with E-state index in [-0.39, 0.29) is 48.7 Å². The molecule has 2 unspecified atom stereocenters. The van der Waals surface area contributed by atoms with E-state index in [9.17, 15) is 40.7 Å². The minimum Gasteiger partial charge on any atom is -0.459 e. The van der Waals surface area contributed by atoms with Crippen LogP contribution in [0.2, 0.25) is 36.3 Å². The molecule has 21 heteroatoms. The summed E-state index contributed by atoms with van der Waals surface area (Å²) < 4.78 is 124. The number of alkyl halides is 6. The molecule has 408 valence electrons. The summed E-state index contributed by atoms with van der Waals surface area (Å²) in [5, 5.41) is 2.14. The third kappa shape index (κ3) is 21.9. The van der Waals surface area contributed by atoms with Crippen LogP contribution < -0.4 is 16.6 Å². The van der Waals surface area contributed by atoms with Gasteiger partial charge in [-0.05, 0) is 94.9 Å². The van der Waals surface area contributed by atoms with E-state index in [4.69, 9.17) is 38.4 Å². The predicted molar refractivity (Wildman–Crippen MR) is 267 cm³/mol. The van der Waals surface area contributed by atoms with E-state index in [1.54, 1.807) is 86.9 Å². The van der Waals surface area contributed by atoms with E-state index >= 15 is 0 Å². The van der Waals surface area contributed by atoms with Crippen LogP contribution in [0.15, 0.2) is 60.7 Å². The predicted octanol–water partition coefficient (Wildman–Crippen LogP) is 10.9. The number of amides is 2. The van der Waals surface area contributed by atoms with E-state index < -0.39 is 96.2 Å². The molecule has 4 atom stereocenters. The van der Waals surface area contributed by atoms with Gasteiger partial charge in [0.05, 0.1) is 26.4 Å². The second-order valence-electron chi connectivity index (χ2n) is 21.6. The number of hydrazine groups is 1. The van der Waals surface area contributed by atoms with Crippen LogP contribution in [0.5, 0.6) is 0 Å². The van der Waals surface area contributed by atoms with Crippen LogP contribution in [0.25, 0.3) is 0 Å². The topological polar surface area (TPSA) is 166 Å². The average Bonchev–Trinajstić information content (AvgIpc) is 3.22. The van der Waals surface area contributed by atoms with E-state index in [2.05, 4.69) is 73.0 Å². The molecule has 0 bridgehead atoms. The smallest absolute Gasteiger partial charge is 0.426 e. The highest BCUT2D eigenvalue weighted by molar-refractivity contribution is 6.74. The largest absolute Gasteiger partial charge is 0.459 e. The Kier molecular flexibility index (Phi) is 25.6. The van der Waals surface area contributed by atoms with Crippen molar-refractivity contribution in [3.8, 4) is 0 Å². The van der Waals surface area contributed by atoms with Crippen molar-refractivity contribution in [2.45, 2.75) is 193 Å². The van der Waals surface area contributed by atoms with Gasteiger partial charge in [-0.1, -0.05) is 102 Å². The van der Waals surface area contributed by atoms with Gasteiger partial charge in [-0.25, -0.2) is 5.84 Å². The monoisotopic (exact) mass is 1060 g/mol. The van der Waals surface area contributed by atoms with Gasteiger partial charge in [0.1, 0.15) is 12.1 Å². The lowest BCUT2D eigenvalue weighted by Gasteiger charge is -2.38. The fourth-order valence-electron chi connectivity index (χ4n) is 6.17. The van der Waals surface area contributed by atoms with Gasteiger partial charge in [0.2, 0.25) is 11.2 Å². The summed E-state index contributed by atoms with van der Waals surface area (Å²) in [6.45, 7) is 28.1. The summed E-state index contributed by atoms with van der Waals surface area (Å²) in [6, 6.07) is 16.5. The molecule has 2 amide bonds. The zero-order valence-electron chi connectivity index (χ0n) is 44.6. The summed E-state index contributed by atoms with van der Waals surface area (Å²) in [5.41, 5.74) is -4.64. The second-order valence-corrected chi connectivity index (χ2v) is 31.1. The van der Waals surface area contributed by atoms with Crippen molar-refractivity contribution >= 4 is 34.4 Å². The van der Waals surface area contributed by atoms with Crippen molar-refractivity contribution in [1.29, 1.82) is 0 Å². The van der Waals surface area contributed by atoms with E-state index in [1.165, 1.54) is 0 Å². The first kappa shape index (κ1) is 65.6. The highest BCUT2D eigenvalue weighted by Crippen LogP contribution is 2.41. The molecule has 0 fully saturated rings. The summed E-state index contributed by atoms with van der Waals surface area (Å²) in [5.74, 6) is 1.26. The van der Waals surface area contributed by atoms with E-state index in [1.807, 2.05) is 13.8 Å². The first-order valence-corrected chi connectivity index (χ1v) is 29.7. The van der Waals surface area contributed by atoms with Gasteiger partial charge in [-0.3, -0.25) is 19.8 Å². The minimum absolute atomic E-state index is 0.0250. The molecule has 0 heterocycles. The number of nitrogens with one attached hydrogen (secondary N) is 2.